The van der Waals surface area contributed by atoms with Gasteiger partial charge in [0.1, 0.15) is 6.61 Å². The van der Waals surface area contributed by atoms with Crippen LogP contribution >= 0.6 is 0 Å². The molecule has 126 valence electrons. The van der Waals surface area contributed by atoms with Gasteiger partial charge in [0.05, 0.1) is 12.6 Å². The second-order valence-corrected chi connectivity index (χ2v) is 5.15. The first-order valence-corrected chi connectivity index (χ1v) is 7.59. The molecule has 1 unspecified atom stereocenters. The lowest BCUT2D eigenvalue weighted by atomic mass is 10.1. The Hall–Kier alpha value is -2.86. The van der Waals surface area contributed by atoms with E-state index in [2.05, 4.69) is 10.6 Å². The van der Waals surface area contributed by atoms with Crippen molar-refractivity contribution >= 4 is 12.0 Å². The van der Waals surface area contributed by atoms with E-state index in [1.54, 1.807) is 12.1 Å². The Morgan fingerprint density at radius 1 is 0.958 bits per heavy atom. The zero-order valence-corrected chi connectivity index (χ0v) is 13.1. The maximum absolute atomic E-state index is 11.7. The van der Waals surface area contributed by atoms with Gasteiger partial charge in [-0.15, -0.1) is 0 Å². The number of hydrogen-bond acceptors (Lipinski definition) is 4. The normalized spacial score (nSPS) is 11.4. The van der Waals surface area contributed by atoms with Gasteiger partial charge in [0.2, 0.25) is 5.91 Å². The molecule has 1 atom stereocenters. The van der Waals surface area contributed by atoms with E-state index in [0.717, 1.165) is 5.56 Å². The summed E-state index contributed by atoms with van der Waals surface area (Å²) in [6, 6.07) is 18.3. The van der Waals surface area contributed by atoms with Gasteiger partial charge in [-0.25, -0.2) is 4.79 Å². The minimum absolute atomic E-state index is 0.0730. The maximum atomic E-state index is 11.7. The van der Waals surface area contributed by atoms with Crippen LogP contribution in [0.1, 0.15) is 17.2 Å². The number of amides is 2. The van der Waals surface area contributed by atoms with Gasteiger partial charge in [-0.3, -0.25) is 4.79 Å². The van der Waals surface area contributed by atoms with Crippen LogP contribution in [0.15, 0.2) is 60.7 Å². The highest BCUT2D eigenvalue weighted by atomic mass is 16.5. The van der Waals surface area contributed by atoms with Crippen LogP contribution < -0.4 is 10.6 Å². The highest BCUT2D eigenvalue weighted by molar-refractivity contribution is 5.82. The number of rotatable bonds is 7. The summed E-state index contributed by atoms with van der Waals surface area (Å²) in [4.78, 5) is 23.2. The van der Waals surface area contributed by atoms with Crippen LogP contribution in [-0.2, 0) is 16.1 Å². The standard InChI is InChI=1S/C18H20N2O4/c21-16(15-9-5-2-6-10-15)11-19-17(22)12-20-18(23)24-13-14-7-3-1-4-8-14/h1-10,16,21H,11-13H2,(H,19,22)(H,20,23). The number of carbonyl (C=O) groups excluding carboxylic acids is 2. The fourth-order valence-corrected chi connectivity index (χ4v) is 1.99. The molecule has 6 heteroatoms. The molecule has 0 aliphatic heterocycles. The molecule has 24 heavy (non-hydrogen) atoms. The van der Waals surface area contributed by atoms with Crippen molar-refractivity contribution in [3.8, 4) is 0 Å². The topological polar surface area (TPSA) is 87.7 Å². The molecule has 3 N–H and O–H groups in total. The number of carbonyl (C=O) groups is 2. The number of alkyl carbamates (subject to hydrolysis) is 1. The molecule has 0 aromatic heterocycles. The van der Waals surface area contributed by atoms with Crippen molar-refractivity contribution in [2.75, 3.05) is 13.1 Å². The molecule has 0 saturated carbocycles. The molecule has 2 aromatic carbocycles. The van der Waals surface area contributed by atoms with E-state index in [0.29, 0.717) is 5.56 Å². The predicted molar refractivity (Wildman–Crippen MR) is 89.0 cm³/mol. The molecular weight excluding hydrogens is 308 g/mol. The largest absolute Gasteiger partial charge is 0.445 e. The van der Waals surface area contributed by atoms with Crippen LogP contribution in [0.3, 0.4) is 0 Å². The average molecular weight is 328 g/mol. The van der Waals surface area contributed by atoms with Crippen molar-refractivity contribution < 1.29 is 19.4 Å². The van der Waals surface area contributed by atoms with E-state index in [-0.39, 0.29) is 19.7 Å². The van der Waals surface area contributed by atoms with E-state index >= 15 is 0 Å². The number of aliphatic hydroxyl groups is 1. The van der Waals surface area contributed by atoms with Crippen LogP contribution in [0, 0.1) is 0 Å². The Morgan fingerprint density at radius 2 is 1.58 bits per heavy atom. The molecule has 2 rings (SSSR count). The average Bonchev–Trinajstić information content (AvgIpc) is 2.64. The number of ether oxygens (including phenoxy) is 1. The Balaban J connectivity index is 1.63. The summed E-state index contributed by atoms with van der Waals surface area (Å²) in [7, 11) is 0. The summed E-state index contributed by atoms with van der Waals surface area (Å²) < 4.78 is 4.99. The molecule has 0 fully saturated rings. The predicted octanol–water partition coefficient (Wildman–Crippen LogP) is 1.76. The lowest BCUT2D eigenvalue weighted by molar-refractivity contribution is -0.120. The fraction of sp³-hybridized carbons (Fsp3) is 0.222. The SMILES string of the molecule is O=C(CNC(=O)OCc1ccccc1)NCC(O)c1ccccc1. The van der Waals surface area contributed by atoms with Crippen molar-refractivity contribution in [3.63, 3.8) is 0 Å². The fourth-order valence-electron chi connectivity index (χ4n) is 1.99. The summed E-state index contributed by atoms with van der Waals surface area (Å²) >= 11 is 0. The second-order valence-electron chi connectivity index (χ2n) is 5.15. The molecule has 2 amide bonds. The highest BCUT2D eigenvalue weighted by Crippen LogP contribution is 2.10. The molecular formula is C18H20N2O4. The number of hydrogen-bond donors (Lipinski definition) is 3. The number of aliphatic hydroxyl groups excluding tert-OH is 1. The quantitative estimate of drug-likeness (QED) is 0.723. The number of nitrogens with one attached hydrogen (secondary N) is 2. The van der Waals surface area contributed by atoms with Gasteiger partial charge in [0.25, 0.3) is 0 Å². The third-order valence-electron chi connectivity index (χ3n) is 3.28. The van der Waals surface area contributed by atoms with Crippen molar-refractivity contribution in [2.24, 2.45) is 0 Å². The van der Waals surface area contributed by atoms with E-state index in [1.165, 1.54) is 0 Å². The first-order valence-electron chi connectivity index (χ1n) is 7.59. The monoisotopic (exact) mass is 328 g/mol. The Bertz CT molecular complexity index is 647. The van der Waals surface area contributed by atoms with Crippen molar-refractivity contribution in [3.05, 3.63) is 71.8 Å². The Labute approximate surface area is 140 Å². The summed E-state index contributed by atoms with van der Waals surface area (Å²) in [6.45, 7) is -0.000262. The zero-order valence-electron chi connectivity index (χ0n) is 13.1. The smallest absolute Gasteiger partial charge is 0.407 e. The zero-order chi connectivity index (χ0) is 17.2. The van der Waals surface area contributed by atoms with Gasteiger partial charge in [0.15, 0.2) is 0 Å². The van der Waals surface area contributed by atoms with Gasteiger partial charge < -0.3 is 20.5 Å². The van der Waals surface area contributed by atoms with Crippen molar-refractivity contribution in [1.82, 2.24) is 10.6 Å². The third kappa shape index (κ3) is 6.10. The van der Waals surface area contributed by atoms with Gasteiger partial charge in [-0.2, -0.15) is 0 Å². The molecule has 0 aliphatic rings. The minimum atomic E-state index is -0.791. The van der Waals surface area contributed by atoms with E-state index in [1.807, 2.05) is 48.5 Å². The van der Waals surface area contributed by atoms with Crippen LogP contribution in [0.4, 0.5) is 4.79 Å². The second kappa shape index (κ2) is 9.32. The minimum Gasteiger partial charge on any atom is -0.445 e. The molecule has 0 radical (unpaired) electrons. The Morgan fingerprint density at radius 3 is 2.25 bits per heavy atom. The van der Waals surface area contributed by atoms with Gasteiger partial charge in [-0.1, -0.05) is 60.7 Å². The summed E-state index contributed by atoms with van der Waals surface area (Å²) in [6.07, 6.45) is -1.46. The third-order valence-corrected chi connectivity index (χ3v) is 3.28. The highest BCUT2D eigenvalue weighted by Gasteiger charge is 2.10. The molecule has 2 aromatic rings. The molecule has 0 spiro atoms. The van der Waals surface area contributed by atoms with Crippen LogP contribution in [-0.4, -0.2) is 30.2 Å². The lowest BCUT2D eigenvalue weighted by Gasteiger charge is -2.12. The summed E-state index contributed by atoms with van der Waals surface area (Å²) in [5.41, 5.74) is 1.58. The van der Waals surface area contributed by atoms with E-state index in [9.17, 15) is 14.7 Å². The molecule has 0 saturated heterocycles. The molecule has 0 aliphatic carbocycles. The molecule has 0 heterocycles. The summed E-state index contributed by atoms with van der Waals surface area (Å²) in [5.74, 6) is -0.401. The summed E-state index contributed by atoms with van der Waals surface area (Å²) in [5, 5.41) is 14.8. The first kappa shape index (κ1) is 17.5. The van der Waals surface area contributed by atoms with E-state index in [4.69, 9.17) is 4.74 Å². The lowest BCUT2D eigenvalue weighted by Crippen LogP contribution is -2.38. The maximum Gasteiger partial charge on any atom is 0.407 e. The van der Waals surface area contributed by atoms with Crippen molar-refractivity contribution in [2.45, 2.75) is 12.7 Å². The van der Waals surface area contributed by atoms with E-state index < -0.39 is 18.1 Å². The van der Waals surface area contributed by atoms with Crippen LogP contribution in [0.25, 0.3) is 0 Å². The molecule has 6 nitrogen and oxygen atoms in total. The van der Waals surface area contributed by atoms with Gasteiger partial charge in [0, 0.05) is 6.54 Å². The van der Waals surface area contributed by atoms with Gasteiger partial charge >= 0.3 is 6.09 Å². The van der Waals surface area contributed by atoms with Crippen LogP contribution in [0.5, 0.6) is 0 Å². The Kier molecular flexibility index (Phi) is 6.79. The van der Waals surface area contributed by atoms with Crippen LogP contribution in [0.2, 0.25) is 0 Å². The first-order chi connectivity index (χ1) is 11.6. The number of benzene rings is 2. The molecule has 0 bridgehead atoms. The van der Waals surface area contributed by atoms with Gasteiger partial charge in [-0.05, 0) is 11.1 Å². The van der Waals surface area contributed by atoms with Crippen molar-refractivity contribution in [1.29, 1.82) is 0 Å².